The maximum absolute atomic E-state index is 14.4. The van der Waals surface area contributed by atoms with Gasteiger partial charge in [-0.2, -0.15) is 0 Å². The molecule has 7 nitrogen and oxygen atoms in total. The number of aliphatic hydroxyl groups is 1. The first kappa shape index (κ1) is 29.0. The van der Waals surface area contributed by atoms with Crippen LogP contribution in [-0.4, -0.2) is 59.5 Å². The molecular weight excluding hydrogens is 518 g/mol. The van der Waals surface area contributed by atoms with Crippen molar-refractivity contribution >= 4 is 11.6 Å². The van der Waals surface area contributed by atoms with E-state index in [1.54, 1.807) is 12.2 Å². The van der Waals surface area contributed by atoms with E-state index in [1.165, 1.54) is 0 Å². The molecule has 0 spiro atoms. The molecule has 1 saturated heterocycles. The Labute approximate surface area is 244 Å². The molecule has 224 valence electrons. The van der Waals surface area contributed by atoms with E-state index >= 15 is 0 Å². The highest BCUT2D eigenvalue weighted by Gasteiger charge is 2.75. The Morgan fingerprint density at radius 3 is 2.78 bits per heavy atom. The van der Waals surface area contributed by atoms with Gasteiger partial charge in [0.15, 0.2) is 17.7 Å². The number of allylic oxidation sites excluding steroid dienone is 5. The van der Waals surface area contributed by atoms with Gasteiger partial charge in [0.05, 0.1) is 12.2 Å². The lowest BCUT2D eigenvalue weighted by atomic mass is 9.46. The molecule has 7 heteroatoms. The third kappa shape index (κ3) is 4.54. The van der Waals surface area contributed by atoms with Gasteiger partial charge in [0, 0.05) is 28.8 Å². The van der Waals surface area contributed by atoms with Gasteiger partial charge in [-0.25, -0.2) is 0 Å². The number of fused-ring (bicyclic) bond motifs is 7. The van der Waals surface area contributed by atoms with Gasteiger partial charge < -0.3 is 24.6 Å². The fourth-order valence-electron chi connectivity index (χ4n) is 9.52. The molecule has 6 rings (SSSR count). The van der Waals surface area contributed by atoms with Crippen LogP contribution in [0, 0.1) is 28.6 Å². The van der Waals surface area contributed by atoms with Gasteiger partial charge in [-0.05, 0) is 74.7 Å². The quantitative estimate of drug-likeness (QED) is 0.430. The van der Waals surface area contributed by atoms with Crippen LogP contribution < -0.4 is 5.32 Å². The Kier molecular flexibility index (Phi) is 7.49. The molecule has 3 unspecified atom stereocenters. The normalized spacial score (nSPS) is 44.6. The van der Waals surface area contributed by atoms with E-state index in [0.717, 1.165) is 44.1 Å². The standard InChI is InChI=1S/C34H47NO6/c1-6-7-30-40-29-17-26-25-13-8-21-16-23(36)14-15-32(21,4)31(25)27(37)18-33(26,5)34(29,41-30)28(38)19-39-24-11-9-22(10-12-24)35-20(2)3/h9,11-12,14-16,20,22,25-27,29-31,35,37H,6-8,10,13,17-19H2,1-5H3/t22?,25-,26?,27-,29+,30?,31+,32-,33-,34+/m0/s1. The second kappa shape index (κ2) is 10.6. The minimum atomic E-state index is -1.15. The zero-order valence-electron chi connectivity index (χ0n) is 25.2. The van der Waals surface area contributed by atoms with Crippen molar-refractivity contribution in [1.82, 2.24) is 5.32 Å². The van der Waals surface area contributed by atoms with Gasteiger partial charge in [-0.1, -0.05) is 58.8 Å². The average molecular weight is 566 g/mol. The summed E-state index contributed by atoms with van der Waals surface area (Å²) < 4.78 is 19.4. The van der Waals surface area contributed by atoms with Crippen LogP contribution in [0.5, 0.6) is 0 Å². The van der Waals surface area contributed by atoms with Crippen molar-refractivity contribution in [2.45, 2.75) is 116 Å². The maximum atomic E-state index is 14.4. The third-order valence-electron chi connectivity index (χ3n) is 11.2. The monoisotopic (exact) mass is 565 g/mol. The van der Waals surface area contributed by atoms with Gasteiger partial charge in [0.25, 0.3) is 0 Å². The maximum Gasteiger partial charge on any atom is 0.205 e. The highest BCUT2D eigenvalue weighted by molar-refractivity contribution is 6.01. The summed E-state index contributed by atoms with van der Waals surface area (Å²) >= 11 is 0. The summed E-state index contributed by atoms with van der Waals surface area (Å²) in [6.45, 7) is 10.6. The van der Waals surface area contributed by atoms with Gasteiger partial charge in [0.1, 0.15) is 12.4 Å². The fourth-order valence-corrected chi connectivity index (χ4v) is 9.52. The van der Waals surface area contributed by atoms with E-state index in [1.807, 2.05) is 18.2 Å². The summed E-state index contributed by atoms with van der Waals surface area (Å²) in [5.41, 5.74) is -0.971. The van der Waals surface area contributed by atoms with Crippen molar-refractivity contribution in [2.75, 3.05) is 6.61 Å². The lowest BCUT2D eigenvalue weighted by Gasteiger charge is -2.59. The Morgan fingerprint density at radius 2 is 2.07 bits per heavy atom. The van der Waals surface area contributed by atoms with Crippen LogP contribution in [0.4, 0.5) is 0 Å². The molecule has 3 saturated carbocycles. The molecule has 0 amide bonds. The molecule has 1 aliphatic heterocycles. The van der Waals surface area contributed by atoms with Gasteiger partial charge in [-0.3, -0.25) is 9.59 Å². The molecule has 6 aliphatic rings. The largest absolute Gasteiger partial charge is 0.486 e. The Hall–Kier alpha value is -2.06. The number of ketones is 2. The molecule has 4 fully saturated rings. The third-order valence-corrected chi connectivity index (χ3v) is 11.2. The highest BCUT2D eigenvalue weighted by Crippen LogP contribution is 2.69. The zero-order chi connectivity index (χ0) is 29.2. The number of Topliss-reactive ketones (excluding diaryl/α,β-unsaturated/α-hetero) is 1. The van der Waals surface area contributed by atoms with E-state index in [-0.39, 0.29) is 53.5 Å². The van der Waals surface area contributed by atoms with Crippen molar-refractivity contribution < 1.29 is 28.9 Å². The van der Waals surface area contributed by atoms with Gasteiger partial charge in [-0.15, -0.1) is 0 Å². The van der Waals surface area contributed by atoms with E-state index < -0.39 is 23.4 Å². The SMILES string of the molecule is CCCC1O[C@@H]2CC3[C@@H]4CCC5=CC(=O)C=C[C@]5(C)[C@H]4[C@@H](O)C[C@]3(C)[C@]2(C(=O)COC2=CCC(NC(C)C)C=C2)O1. The van der Waals surface area contributed by atoms with Gasteiger partial charge in [0.2, 0.25) is 5.78 Å². The van der Waals surface area contributed by atoms with Crippen LogP contribution in [0.1, 0.15) is 79.6 Å². The molecule has 41 heavy (non-hydrogen) atoms. The van der Waals surface area contributed by atoms with Crippen LogP contribution in [0.3, 0.4) is 0 Å². The second-order valence-electron chi connectivity index (χ2n) is 14.0. The lowest BCUT2D eigenvalue weighted by molar-refractivity contribution is -0.200. The van der Waals surface area contributed by atoms with Crippen LogP contribution in [0.15, 0.2) is 47.8 Å². The first-order chi connectivity index (χ1) is 19.5. The Bertz CT molecular complexity index is 1200. The Morgan fingerprint density at radius 1 is 1.27 bits per heavy atom. The topological polar surface area (TPSA) is 94.1 Å². The number of ether oxygens (including phenoxy) is 3. The predicted molar refractivity (Wildman–Crippen MR) is 156 cm³/mol. The molecular formula is C34H47NO6. The lowest BCUT2D eigenvalue weighted by Crippen LogP contribution is -2.63. The first-order valence-corrected chi connectivity index (χ1v) is 15.8. The van der Waals surface area contributed by atoms with E-state index in [0.29, 0.717) is 18.2 Å². The minimum absolute atomic E-state index is 0.0106. The number of hydrogen-bond donors (Lipinski definition) is 2. The molecule has 0 aromatic carbocycles. The fraction of sp³-hybridized carbons (Fsp3) is 0.706. The molecule has 1 heterocycles. The Balaban J connectivity index is 1.27. The van der Waals surface area contributed by atoms with Crippen molar-refractivity contribution in [1.29, 1.82) is 0 Å². The number of carbonyl (C=O) groups is 2. The summed E-state index contributed by atoms with van der Waals surface area (Å²) in [5, 5.41) is 15.4. The number of aliphatic hydroxyl groups excluding tert-OH is 1. The number of nitrogens with one attached hydrogen (secondary N) is 1. The van der Waals surface area contributed by atoms with Crippen LogP contribution in [0.25, 0.3) is 0 Å². The number of carbonyl (C=O) groups excluding carboxylic acids is 2. The summed E-state index contributed by atoms with van der Waals surface area (Å²) in [6, 6.07) is 0.652. The molecule has 2 N–H and O–H groups in total. The van der Waals surface area contributed by atoms with Crippen molar-refractivity contribution in [3.63, 3.8) is 0 Å². The summed E-state index contributed by atoms with van der Waals surface area (Å²) in [4.78, 5) is 26.6. The molecule has 10 atom stereocenters. The van der Waals surface area contributed by atoms with Crippen molar-refractivity contribution in [3.8, 4) is 0 Å². The number of hydrogen-bond acceptors (Lipinski definition) is 7. The predicted octanol–water partition coefficient (Wildman–Crippen LogP) is 4.95. The zero-order valence-corrected chi connectivity index (χ0v) is 25.2. The molecule has 0 bridgehead atoms. The highest BCUT2D eigenvalue weighted by atomic mass is 16.7. The molecule has 5 aliphatic carbocycles. The van der Waals surface area contributed by atoms with E-state index in [9.17, 15) is 14.7 Å². The first-order valence-electron chi connectivity index (χ1n) is 15.8. The minimum Gasteiger partial charge on any atom is -0.486 e. The van der Waals surface area contributed by atoms with Crippen LogP contribution >= 0.6 is 0 Å². The molecule has 0 radical (unpaired) electrons. The van der Waals surface area contributed by atoms with E-state index in [4.69, 9.17) is 14.2 Å². The number of rotatable bonds is 8. The van der Waals surface area contributed by atoms with Crippen molar-refractivity contribution in [3.05, 3.63) is 47.8 Å². The van der Waals surface area contributed by atoms with E-state index in [2.05, 4.69) is 46.0 Å². The average Bonchev–Trinajstić information content (AvgIpc) is 3.40. The van der Waals surface area contributed by atoms with Crippen LogP contribution in [0.2, 0.25) is 0 Å². The summed E-state index contributed by atoms with van der Waals surface area (Å²) in [7, 11) is 0. The van der Waals surface area contributed by atoms with Gasteiger partial charge >= 0.3 is 0 Å². The second-order valence-corrected chi connectivity index (χ2v) is 14.0. The smallest absolute Gasteiger partial charge is 0.205 e. The summed E-state index contributed by atoms with van der Waals surface area (Å²) in [5.74, 6) is 1.01. The van der Waals surface area contributed by atoms with Crippen LogP contribution in [-0.2, 0) is 23.8 Å². The molecule has 0 aromatic heterocycles. The summed E-state index contributed by atoms with van der Waals surface area (Å²) in [6.07, 6.45) is 15.5. The molecule has 0 aromatic rings. The van der Waals surface area contributed by atoms with Crippen molar-refractivity contribution in [2.24, 2.45) is 28.6 Å².